The van der Waals surface area contributed by atoms with Crippen LogP contribution in [0.4, 0.5) is 0 Å². The second-order valence-corrected chi connectivity index (χ2v) is 7.18. The van der Waals surface area contributed by atoms with Crippen molar-refractivity contribution < 1.29 is 9.90 Å². The molecule has 1 aliphatic rings. The first kappa shape index (κ1) is 16.1. The van der Waals surface area contributed by atoms with Crippen LogP contribution < -0.4 is 5.32 Å². The number of aliphatic hydroxyl groups is 1. The van der Waals surface area contributed by atoms with Gasteiger partial charge in [0.15, 0.2) is 0 Å². The fraction of sp³-hybridized carbons (Fsp3) is 0.471. The number of hydrogen-bond acceptors (Lipinski definition) is 5. The molecular formula is C17H21N3O2S. The monoisotopic (exact) mass is 331 g/mol. The van der Waals surface area contributed by atoms with Crippen LogP contribution in [0.2, 0.25) is 0 Å². The molecule has 2 heterocycles. The maximum atomic E-state index is 12.3. The SMILES string of the molecule is Cc1nc(CC(=O)N[C@@H](Cc2ccccn2)C2CC(O)C2)cs1. The fourth-order valence-electron chi connectivity index (χ4n) is 2.95. The first-order valence-corrected chi connectivity index (χ1v) is 8.76. The van der Waals surface area contributed by atoms with Crippen LogP contribution in [-0.2, 0) is 17.6 Å². The van der Waals surface area contributed by atoms with Gasteiger partial charge in [0.05, 0.1) is 23.2 Å². The number of aromatic nitrogens is 2. The van der Waals surface area contributed by atoms with Crippen LogP contribution in [0.1, 0.15) is 29.2 Å². The normalized spacial score (nSPS) is 21.5. The summed E-state index contributed by atoms with van der Waals surface area (Å²) in [6, 6.07) is 5.82. The highest BCUT2D eigenvalue weighted by molar-refractivity contribution is 7.09. The highest BCUT2D eigenvalue weighted by Crippen LogP contribution is 2.31. The van der Waals surface area contributed by atoms with Gasteiger partial charge in [0, 0.05) is 29.7 Å². The third-order valence-corrected chi connectivity index (χ3v) is 5.05. The zero-order valence-corrected chi connectivity index (χ0v) is 13.9. The molecule has 6 heteroatoms. The minimum Gasteiger partial charge on any atom is -0.393 e. The van der Waals surface area contributed by atoms with Gasteiger partial charge in [0.2, 0.25) is 5.91 Å². The van der Waals surface area contributed by atoms with E-state index in [9.17, 15) is 9.90 Å². The molecule has 2 aromatic heterocycles. The minimum atomic E-state index is -0.232. The quantitative estimate of drug-likeness (QED) is 0.847. The lowest BCUT2D eigenvalue weighted by Gasteiger charge is -2.38. The van der Waals surface area contributed by atoms with Gasteiger partial charge >= 0.3 is 0 Å². The number of carbonyl (C=O) groups is 1. The molecule has 122 valence electrons. The van der Waals surface area contributed by atoms with Crippen molar-refractivity contribution in [3.8, 4) is 0 Å². The van der Waals surface area contributed by atoms with Gasteiger partial charge in [-0.05, 0) is 37.8 Å². The number of pyridine rings is 1. The van der Waals surface area contributed by atoms with Gasteiger partial charge < -0.3 is 10.4 Å². The van der Waals surface area contributed by atoms with Crippen molar-refractivity contribution in [2.45, 2.75) is 44.8 Å². The van der Waals surface area contributed by atoms with Crippen LogP contribution in [0, 0.1) is 12.8 Å². The van der Waals surface area contributed by atoms with Gasteiger partial charge in [-0.2, -0.15) is 0 Å². The summed E-state index contributed by atoms with van der Waals surface area (Å²) in [4.78, 5) is 21.0. The Morgan fingerprint density at radius 2 is 2.26 bits per heavy atom. The molecule has 1 amide bonds. The van der Waals surface area contributed by atoms with Crippen LogP contribution in [0.25, 0.3) is 0 Å². The molecule has 0 aromatic carbocycles. The van der Waals surface area contributed by atoms with Gasteiger partial charge in [-0.3, -0.25) is 9.78 Å². The van der Waals surface area contributed by atoms with Gasteiger partial charge in [0.1, 0.15) is 0 Å². The van der Waals surface area contributed by atoms with Crippen molar-refractivity contribution in [1.29, 1.82) is 0 Å². The van der Waals surface area contributed by atoms with E-state index in [-0.39, 0.29) is 18.1 Å². The second-order valence-electron chi connectivity index (χ2n) is 6.12. The Hall–Kier alpha value is -1.79. The molecule has 0 aliphatic heterocycles. The molecule has 0 saturated heterocycles. The Morgan fingerprint density at radius 1 is 1.43 bits per heavy atom. The van der Waals surface area contributed by atoms with E-state index in [1.54, 1.807) is 17.5 Å². The first-order chi connectivity index (χ1) is 11.1. The largest absolute Gasteiger partial charge is 0.393 e. The lowest BCUT2D eigenvalue weighted by atomic mass is 9.76. The maximum absolute atomic E-state index is 12.3. The summed E-state index contributed by atoms with van der Waals surface area (Å²) in [5.74, 6) is 0.297. The number of carbonyl (C=O) groups excluding carboxylic acids is 1. The van der Waals surface area contributed by atoms with E-state index in [4.69, 9.17) is 0 Å². The van der Waals surface area contributed by atoms with E-state index in [0.29, 0.717) is 18.8 Å². The van der Waals surface area contributed by atoms with Crippen LogP contribution in [-0.4, -0.2) is 33.1 Å². The summed E-state index contributed by atoms with van der Waals surface area (Å²) < 4.78 is 0. The smallest absolute Gasteiger partial charge is 0.226 e. The second kappa shape index (κ2) is 7.19. The molecule has 1 fully saturated rings. The molecule has 1 atom stereocenters. The predicted molar refractivity (Wildman–Crippen MR) is 89.2 cm³/mol. The molecule has 1 aliphatic carbocycles. The number of aliphatic hydroxyl groups excluding tert-OH is 1. The Kier molecular flexibility index (Phi) is 5.03. The highest BCUT2D eigenvalue weighted by Gasteiger charge is 2.35. The van der Waals surface area contributed by atoms with Crippen LogP contribution in [0.5, 0.6) is 0 Å². The minimum absolute atomic E-state index is 0.0144. The number of aryl methyl sites for hydroxylation is 1. The van der Waals surface area contributed by atoms with Crippen molar-refractivity contribution in [2.24, 2.45) is 5.92 Å². The van der Waals surface area contributed by atoms with Gasteiger partial charge in [0.25, 0.3) is 0 Å². The van der Waals surface area contributed by atoms with Crippen molar-refractivity contribution in [2.75, 3.05) is 0 Å². The Morgan fingerprint density at radius 3 is 2.87 bits per heavy atom. The van der Waals surface area contributed by atoms with Crippen LogP contribution >= 0.6 is 11.3 Å². The molecule has 5 nitrogen and oxygen atoms in total. The van der Waals surface area contributed by atoms with Crippen LogP contribution in [0.15, 0.2) is 29.8 Å². The molecule has 0 spiro atoms. The third-order valence-electron chi connectivity index (χ3n) is 4.23. The number of amides is 1. The van der Waals surface area contributed by atoms with Crippen molar-refractivity contribution in [3.63, 3.8) is 0 Å². The Bertz CT molecular complexity index is 653. The van der Waals surface area contributed by atoms with Crippen molar-refractivity contribution in [1.82, 2.24) is 15.3 Å². The molecule has 0 radical (unpaired) electrons. The molecule has 1 saturated carbocycles. The zero-order valence-electron chi connectivity index (χ0n) is 13.1. The summed E-state index contributed by atoms with van der Waals surface area (Å²) in [6.07, 6.45) is 4.02. The molecule has 0 unspecified atom stereocenters. The molecule has 2 aromatic rings. The van der Waals surface area contributed by atoms with E-state index >= 15 is 0 Å². The van der Waals surface area contributed by atoms with E-state index in [1.165, 1.54) is 0 Å². The highest BCUT2D eigenvalue weighted by atomic mass is 32.1. The average Bonchev–Trinajstić information content (AvgIpc) is 2.89. The topological polar surface area (TPSA) is 75.1 Å². The number of nitrogens with one attached hydrogen (secondary N) is 1. The number of hydrogen-bond donors (Lipinski definition) is 2. The predicted octanol–water partition coefficient (Wildman–Crippen LogP) is 1.89. The van der Waals surface area contributed by atoms with Crippen molar-refractivity contribution >= 4 is 17.2 Å². The zero-order chi connectivity index (χ0) is 16.2. The lowest BCUT2D eigenvalue weighted by Crippen LogP contribution is -2.48. The molecular weight excluding hydrogens is 310 g/mol. The summed E-state index contributed by atoms with van der Waals surface area (Å²) in [7, 11) is 0. The van der Waals surface area contributed by atoms with E-state index in [2.05, 4.69) is 15.3 Å². The fourth-order valence-corrected chi connectivity index (χ4v) is 3.56. The molecule has 0 bridgehead atoms. The summed E-state index contributed by atoms with van der Waals surface area (Å²) >= 11 is 1.56. The maximum Gasteiger partial charge on any atom is 0.226 e. The van der Waals surface area contributed by atoms with Crippen molar-refractivity contribution in [3.05, 3.63) is 46.2 Å². The van der Waals surface area contributed by atoms with Gasteiger partial charge in [-0.1, -0.05) is 6.07 Å². The van der Waals surface area contributed by atoms with E-state index in [0.717, 1.165) is 29.2 Å². The molecule has 3 rings (SSSR count). The number of thiazole rings is 1. The summed E-state index contributed by atoms with van der Waals surface area (Å²) in [5, 5.41) is 15.6. The Labute approximate surface area is 139 Å². The Balaban J connectivity index is 1.62. The lowest BCUT2D eigenvalue weighted by molar-refractivity contribution is -0.122. The van der Waals surface area contributed by atoms with Gasteiger partial charge in [-0.15, -0.1) is 11.3 Å². The average molecular weight is 331 g/mol. The van der Waals surface area contributed by atoms with E-state index < -0.39 is 0 Å². The third kappa shape index (κ3) is 4.36. The number of nitrogens with zero attached hydrogens (tertiary/aromatic N) is 2. The molecule has 2 N–H and O–H groups in total. The number of rotatable bonds is 6. The molecule has 23 heavy (non-hydrogen) atoms. The standard InChI is InChI=1S/C17H21N3O2S/c1-11-19-14(10-23-11)9-17(22)20-16(12-6-15(21)7-12)8-13-4-2-3-5-18-13/h2-5,10,12,15-16,21H,6-9H2,1H3,(H,20,22)/t12?,15?,16-/m0/s1. The summed E-state index contributed by atoms with van der Waals surface area (Å²) in [6.45, 7) is 1.94. The van der Waals surface area contributed by atoms with E-state index in [1.807, 2.05) is 30.5 Å². The van der Waals surface area contributed by atoms with Crippen LogP contribution in [0.3, 0.4) is 0 Å². The van der Waals surface area contributed by atoms with Gasteiger partial charge in [-0.25, -0.2) is 4.98 Å². The summed E-state index contributed by atoms with van der Waals surface area (Å²) in [5.41, 5.74) is 1.78. The first-order valence-electron chi connectivity index (χ1n) is 7.88.